The first-order chi connectivity index (χ1) is 7.88. The van der Waals surface area contributed by atoms with Crippen molar-refractivity contribution >= 4 is 0 Å². The molecule has 1 saturated heterocycles. The predicted molar refractivity (Wildman–Crippen MR) is 67.6 cm³/mol. The highest BCUT2D eigenvalue weighted by atomic mass is 16.5. The SMILES string of the molecule is CCC1CC(NCC2CCCCC2)CCO1. The minimum atomic E-state index is 0.512. The van der Waals surface area contributed by atoms with E-state index in [0.717, 1.165) is 18.6 Å². The van der Waals surface area contributed by atoms with Gasteiger partial charge in [-0.05, 0) is 44.6 Å². The van der Waals surface area contributed by atoms with E-state index >= 15 is 0 Å². The zero-order valence-corrected chi connectivity index (χ0v) is 10.7. The zero-order valence-electron chi connectivity index (χ0n) is 10.7. The van der Waals surface area contributed by atoms with E-state index in [0.29, 0.717) is 6.10 Å². The third-order valence-corrected chi connectivity index (χ3v) is 4.24. The summed E-state index contributed by atoms with van der Waals surface area (Å²) in [5, 5.41) is 3.78. The summed E-state index contributed by atoms with van der Waals surface area (Å²) < 4.78 is 5.71. The van der Waals surface area contributed by atoms with Crippen LogP contribution >= 0.6 is 0 Å². The Morgan fingerprint density at radius 3 is 2.69 bits per heavy atom. The fourth-order valence-corrected chi connectivity index (χ4v) is 3.07. The molecule has 94 valence electrons. The molecule has 2 nitrogen and oxygen atoms in total. The van der Waals surface area contributed by atoms with Crippen molar-refractivity contribution in [2.75, 3.05) is 13.2 Å². The predicted octanol–water partition coefficient (Wildman–Crippen LogP) is 3.11. The maximum Gasteiger partial charge on any atom is 0.0587 e. The van der Waals surface area contributed by atoms with Gasteiger partial charge in [-0.25, -0.2) is 0 Å². The molecule has 16 heavy (non-hydrogen) atoms. The molecule has 0 aromatic carbocycles. The molecule has 2 unspecified atom stereocenters. The van der Waals surface area contributed by atoms with Crippen LogP contribution in [0, 0.1) is 5.92 Å². The topological polar surface area (TPSA) is 21.3 Å². The van der Waals surface area contributed by atoms with Crippen molar-refractivity contribution in [1.82, 2.24) is 5.32 Å². The summed E-state index contributed by atoms with van der Waals surface area (Å²) in [6, 6.07) is 0.723. The lowest BCUT2D eigenvalue weighted by atomic mass is 9.89. The summed E-state index contributed by atoms with van der Waals surface area (Å²) in [4.78, 5) is 0. The van der Waals surface area contributed by atoms with Crippen LogP contribution in [0.15, 0.2) is 0 Å². The molecule has 1 aliphatic heterocycles. The van der Waals surface area contributed by atoms with Crippen molar-refractivity contribution in [2.24, 2.45) is 5.92 Å². The molecule has 0 amide bonds. The Labute approximate surface area is 100 Å². The van der Waals surface area contributed by atoms with Gasteiger partial charge in [-0.1, -0.05) is 26.2 Å². The Balaban J connectivity index is 1.64. The lowest BCUT2D eigenvalue weighted by Gasteiger charge is -2.31. The molecule has 1 N–H and O–H groups in total. The molecule has 2 atom stereocenters. The highest BCUT2D eigenvalue weighted by Gasteiger charge is 2.22. The average molecular weight is 225 g/mol. The molecule has 0 bridgehead atoms. The second-order valence-electron chi connectivity index (χ2n) is 5.53. The van der Waals surface area contributed by atoms with Crippen LogP contribution in [0.1, 0.15) is 58.3 Å². The van der Waals surface area contributed by atoms with E-state index in [4.69, 9.17) is 4.74 Å². The quantitative estimate of drug-likeness (QED) is 0.794. The molecule has 2 rings (SSSR count). The van der Waals surface area contributed by atoms with Crippen LogP contribution in [0.25, 0.3) is 0 Å². The summed E-state index contributed by atoms with van der Waals surface area (Å²) >= 11 is 0. The Morgan fingerprint density at radius 1 is 1.12 bits per heavy atom. The minimum Gasteiger partial charge on any atom is -0.378 e. The smallest absolute Gasteiger partial charge is 0.0587 e. The lowest BCUT2D eigenvalue weighted by molar-refractivity contribution is -0.000819. The molecule has 0 spiro atoms. The molecular formula is C14H27NO. The fourth-order valence-electron chi connectivity index (χ4n) is 3.07. The Bertz CT molecular complexity index is 189. The van der Waals surface area contributed by atoms with E-state index in [9.17, 15) is 0 Å². The standard InChI is InChI=1S/C14H27NO/c1-2-14-10-13(8-9-16-14)15-11-12-6-4-3-5-7-12/h12-15H,2-11H2,1H3. The lowest BCUT2D eigenvalue weighted by Crippen LogP contribution is -2.41. The maximum absolute atomic E-state index is 5.71. The van der Waals surface area contributed by atoms with Crippen molar-refractivity contribution in [1.29, 1.82) is 0 Å². The van der Waals surface area contributed by atoms with E-state index in [1.54, 1.807) is 0 Å². The molecule has 2 fully saturated rings. The van der Waals surface area contributed by atoms with Crippen LogP contribution in [-0.4, -0.2) is 25.3 Å². The highest BCUT2D eigenvalue weighted by Crippen LogP contribution is 2.23. The van der Waals surface area contributed by atoms with Crippen LogP contribution in [0.3, 0.4) is 0 Å². The first-order valence-corrected chi connectivity index (χ1v) is 7.23. The number of hydrogen-bond acceptors (Lipinski definition) is 2. The van der Waals surface area contributed by atoms with Crippen molar-refractivity contribution in [3.8, 4) is 0 Å². The third kappa shape index (κ3) is 3.74. The van der Waals surface area contributed by atoms with E-state index in [1.807, 2.05) is 0 Å². The summed E-state index contributed by atoms with van der Waals surface area (Å²) in [6.07, 6.45) is 11.4. The monoisotopic (exact) mass is 225 g/mol. The average Bonchev–Trinajstić information content (AvgIpc) is 2.38. The van der Waals surface area contributed by atoms with Gasteiger partial charge in [-0.2, -0.15) is 0 Å². The van der Waals surface area contributed by atoms with Gasteiger partial charge in [0.2, 0.25) is 0 Å². The van der Waals surface area contributed by atoms with Gasteiger partial charge in [0, 0.05) is 12.6 Å². The van der Waals surface area contributed by atoms with E-state index in [-0.39, 0.29) is 0 Å². The van der Waals surface area contributed by atoms with Gasteiger partial charge in [0.25, 0.3) is 0 Å². The molecule has 2 aliphatic rings. The van der Waals surface area contributed by atoms with Crippen molar-refractivity contribution in [3.05, 3.63) is 0 Å². The first-order valence-electron chi connectivity index (χ1n) is 7.23. The molecule has 0 aromatic heterocycles. The van der Waals surface area contributed by atoms with Crippen LogP contribution in [0.5, 0.6) is 0 Å². The van der Waals surface area contributed by atoms with Gasteiger partial charge < -0.3 is 10.1 Å². The zero-order chi connectivity index (χ0) is 11.2. The summed E-state index contributed by atoms with van der Waals surface area (Å²) in [7, 11) is 0. The highest BCUT2D eigenvalue weighted by molar-refractivity contribution is 4.78. The summed E-state index contributed by atoms with van der Waals surface area (Å²) in [6.45, 7) is 4.44. The van der Waals surface area contributed by atoms with Crippen molar-refractivity contribution in [2.45, 2.75) is 70.4 Å². The fraction of sp³-hybridized carbons (Fsp3) is 1.00. The van der Waals surface area contributed by atoms with Gasteiger partial charge >= 0.3 is 0 Å². The first kappa shape index (κ1) is 12.4. The molecule has 1 heterocycles. The molecule has 2 heteroatoms. The molecule has 0 radical (unpaired) electrons. The van der Waals surface area contributed by atoms with Crippen LogP contribution in [0.4, 0.5) is 0 Å². The Kier molecular flexibility index (Phi) is 5.11. The second-order valence-corrected chi connectivity index (χ2v) is 5.53. The van der Waals surface area contributed by atoms with E-state index < -0.39 is 0 Å². The van der Waals surface area contributed by atoms with Gasteiger partial charge in [0.15, 0.2) is 0 Å². The van der Waals surface area contributed by atoms with Gasteiger partial charge in [-0.15, -0.1) is 0 Å². The normalized spacial score (nSPS) is 32.8. The largest absolute Gasteiger partial charge is 0.378 e. The molecule has 0 aromatic rings. The summed E-state index contributed by atoms with van der Waals surface area (Å²) in [5.41, 5.74) is 0. The van der Waals surface area contributed by atoms with Gasteiger partial charge in [0.1, 0.15) is 0 Å². The number of ether oxygens (including phenoxy) is 1. The van der Waals surface area contributed by atoms with E-state index in [2.05, 4.69) is 12.2 Å². The Hall–Kier alpha value is -0.0800. The van der Waals surface area contributed by atoms with Crippen molar-refractivity contribution in [3.63, 3.8) is 0 Å². The molecule has 1 saturated carbocycles. The van der Waals surface area contributed by atoms with Gasteiger partial charge in [0.05, 0.1) is 6.10 Å². The van der Waals surface area contributed by atoms with Crippen LogP contribution in [0.2, 0.25) is 0 Å². The summed E-state index contributed by atoms with van der Waals surface area (Å²) in [5.74, 6) is 0.955. The van der Waals surface area contributed by atoms with Gasteiger partial charge in [-0.3, -0.25) is 0 Å². The van der Waals surface area contributed by atoms with Crippen molar-refractivity contribution < 1.29 is 4.74 Å². The number of rotatable bonds is 4. The molecule has 1 aliphatic carbocycles. The number of nitrogens with one attached hydrogen (secondary N) is 1. The van der Waals surface area contributed by atoms with Crippen LogP contribution in [-0.2, 0) is 4.74 Å². The Morgan fingerprint density at radius 2 is 1.94 bits per heavy atom. The number of hydrogen-bond donors (Lipinski definition) is 1. The maximum atomic E-state index is 5.71. The van der Waals surface area contributed by atoms with Crippen LogP contribution < -0.4 is 5.32 Å². The second kappa shape index (κ2) is 6.61. The van der Waals surface area contributed by atoms with E-state index in [1.165, 1.54) is 57.9 Å². The minimum absolute atomic E-state index is 0.512. The third-order valence-electron chi connectivity index (χ3n) is 4.24. The molecular weight excluding hydrogens is 198 g/mol.